The molecule has 3 rings (SSSR count). The topological polar surface area (TPSA) is 160 Å². The summed E-state index contributed by atoms with van der Waals surface area (Å²) in [6, 6.07) is 22.1. The third kappa shape index (κ3) is 9.30. The van der Waals surface area contributed by atoms with Gasteiger partial charge in [-0.2, -0.15) is 0 Å². The molecule has 0 spiro atoms. The predicted octanol–water partition coefficient (Wildman–Crippen LogP) is 1.56. The number of phenols is 1. The van der Waals surface area contributed by atoms with Crippen LogP contribution >= 0.6 is 0 Å². The van der Waals surface area contributed by atoms with E-state index in [1.165, 1.54) is 12.1 Å². The lowest BCUT2D eigenvalue weighted by molar-refractivity contribution is -0.131. The quantitative estimate of drug-likeness (QED) is 0.245. The van der Waals surface area contributed by atoms with Crippen molar-refractivity contribution in [2.24, 2.45) is 5.73 Å². The molecule has 0 saturated carbocycles. The number of benzene rings is 3. The molecule has 0 aromatic heterocycles. The van der Waals surface area contributed by atoms with Gasteiger partial charge in [0.1, 0.15) is 31.0 Å². The number of primary amides is 1. The molecule has 6 N–H and O–H groups in total. The Hall–Kier alpha value is -4.86. The van der Waals surface area contributed by atoms with E-state index in [0.29, 0.717) is 5.56 Å². The van der Waals surface area contributed by atoms with Crippen molar-refractivity contribution in [3.8, 4) is 5.75 Å². The van der Waals surface area contributed by atoms with Gasteiger partial charge < -0.3 is 31.5 Å². The van der Waals surface area contributed by atoms with E-state index in [1.807, 2.05) is 24.3 Å². The van der Waals surface area contributed by atoms with E-state index >= 15 is 0 Å². The zero-order valence-electron chi connectivity index (χ0n) is 20.6. The van der Waals surface area contributed by atoms with Gasteiger partial charge in [-0.05, 0) is 28.8 Å². The van der Waals surface area contributed by atoms with E-state index in [-0.39, 0.29) is 25.2 Å². The fourth-order valence-corrected chi connectivity index (χ4v) is 3.59. The number of nitrogens with two attached hydrogens (primary N) is 1. The van der Waals surface area contributed by atoms with Gasteiger partial charge >= 0.3 is 6.09 Å². The summed E-state index contributed by atoms with van der Waals surface area (Å²) in [6.45, 7) is -0.396. The molecule has 3 aromatic carbocycles. The van der Waals surface area contributed by atoms with Crippen molar-refractivity contribution >= 4 is 23.8 Å². The largest absolute Gasteiger partial charge is 0.508 e. The minimum absolute atomic E-state index is 0.0378. The van der Waals surface area contributed by atoms with Crippen molar-refractivity contribution < 1.29 is 29.0 Å². The van der Waals surface area contributed by atoms with Crippen LogP contribution in [-0.2, 0) is 38.6 Å². The Morgan fingerprint density at radius 2 is 1.29 bits per heavy atom. The van der Waals surface area contributed by atoms with Crippen LogP contribution in [0.5, 0.6) is 5.75 Å². The minimum atomic E-state index is -1.09. The van der Waals surface area contributed by atoms with Gasteiger partial charge in [0.25, 0.3) is 0 Å². The maximum Gasteiger partial charge on any atom is 0.407 e. The molecule has 4 amide bonds. The molecule has 3 aromatic rings. The molecular formula is C28H30N4O6. The number of phenolic OH excluding ortho intramolecular Hbond substituents is 1. The Balaban J connectivity index is 1.61. The molecule has 0 fully saturated rings. The van der Waals surface area contributed by atoms with Gasteiger partial charge in [-0.25, -0.2) is 4.79 Å². The van der Waals surface area contributed by atoms with Crippen LogP contribution in [-0.4, -0.2) is 47.5 Å². The molecule has 0 radical (unpaired) electrons. The smallest absolute Gasteiger partial charge is 0.407 e. The summed E-state index contributed by atoms with van der Waals surface area (Å²) < 4.78 is 5.09. The number of ether oxygens (including phenoxy) is 1. The maximum absolute atomic E-state index is 13.2. The summed E-state index contributed by atoms with van der Waals surface area (Å²) >= 11 is 0. The molecule has 2 atom stereocenters. The van der Waals surface area contributed by atoms with Gasteiger partial charge in [0.15, 0.2) is 0 Å². The highest BCUT2D eigenvalue weighted by atomic mass is 16.5. The molecule has 0 heterocycles. The summed E-state index contributed by atoms with van der Waals surface area (Å²) in [6.07, 6.45) is -0.552. The van der Waals surface area contributed by atoms with Gasteiger partial charge in [0.05, 0.1) is 0 Å². The second-order valence-corrected chi connectivity index (χ2v) is 8.56. The molecule has 0 unspecified atom stereocenters. The molecule has 38 heavy (non-hydrogen) atoms. The van der Waals surface area contributed by atoms with Crippen LogP contribution in [0.4, 0.5) is 4.79 Å². The molecular weight excluding hydrogens is 488 g/mol. The molecule has 198 valence electrons. The Kier molecular flexibility index (Phi) is 10.2. The third-order valence-electron chi connectivity index (χ3n) is 5.58. The van der Waals surface area contributed by atoms with Gasteiger partial charge in [-0.1, -0.05) is 72.8 Å². The Morgan fingerprint density at radius 1 is 0.737 bits per heavy atom. The molecule has 0 aliphatic rings. The lowest BCUT2D eigenvalue weighted by atomic mass is 10.0. The number of hydrogen-bond donors (Lipinski definition) is 5. The van der Waals surface area contributed by atoms with Gasteiger partial charge in [-0.15, -0.1) is 0 Å². The second kappa shape index (κ2) is 14.0. The Morgan fingerprint density at radius 3 is 1.89 bits per heavy atom. The number of hydrogen-bond acceptors (Lipinski definition) is 6. The van der Waals surface area contributed by atoms with E-state index in [1.54, 1.807) is 48.5 Å². The number of carbonyl (C=O) groups excluding carboxylic acids is 4. The predicted molar refractivity (Wildman–Crippen MR) is 140 cm³/mol. The highest BCUT2D eigenvalue weighted by Gasteiger charge is 2.26. The highest BCUT2D eigenvalue weighted by Crippen LogP contribution is 2.12. The van der Waals surface area contributed by atoms with Crippen molar-refractivity contribution in [2.75, 3.05) is 6.54 Å². The maximum atomic E-state index is 13.2. The van der Waals surface area contributed by atoms with Crippen molar-refractivity contribution in [3.63, 3.8) is 0 Å². The van der Waals surface area contributed by atoms with Gasteiger partial charge in [0, 0.05) is 12.8 Å². The van der Waals surface area contributed by atoms with Crippen LogP contribution in [0.1, 0.15) is 16.7 Å². The fraction of sp³-hybridized carbons (Fsp3) is 0.214. The van der Waals surface area contributed by atoms with Crippen molar-refractivity contribution in [2.45, 2.75) is 31.5 Å². The standard InChI is InChI=1S/C28H30N4O6/c29-26(35)23(15-19-7-3-1-4-8-19)32-27(36)24(16-20-11-13-22(33)14-12-20)31-25(34)17-30-28(37)38-18-21-9-5-2-6-10-21/h1-14,23-24,33H,15-18H2,(H2,29,35)(H,30,37)(H,31,34)(H,32,36)/t23-,24-/m0/s1. The van der Waals surface area contributed by atoms with Crippen LogP contribution < -0.4 is 21.7 Å². The van der Waals surface area contributed by atoms with Crippen molar-refractivity contribution in [1.82, 2.24) is 16.0 Å². The van der Waals surface area contributed by atoms with E-state index < -0.39 is 42.4 Å². The second-order valence-electron chi connectivity index (χ2n) is 8.56. The first-order valence-corrected chi connectivity index (χ1v) is 12.0. The van der Waals surface area contributed by atoms with Crippen LogP contribution in [0.2, 0.25) is 0 Å². The zero-order chi connectivity index (χ0) is 27.3. The lowest BCUT2D eigenvalue weighted by Gasteiger charge is -2.22. The Labute approximate surface area is 220 Å². The van der Waals surface area contributed by atoms with Gasteiger partial charge in [0.2, 0.25) is 17.7 Å². The van der Waals surface area contributed by atoms with Crippen LogP contribution in [0.3, 0.4) is 0 Å². The van der Waals surface area contributed by atoms with Gasteiger partial charge in [-0.3, -0.25) is 14.4 Å². The van der Waals surface area contributed by atoms with Crippen LogP contribution in [0.25, 0.3) is 0 Å². The normalized spacial score (nSPS) is 12.0. The molecule has 0 bridgehead atoms. The first-order valence-electron chi connectivity index (χ1n) is 12.0. The molecule has 10 heteroatoms. The van der Waals surface area contributed by atoms with Crippen molar-refractivity contribution in [3.05, 3.63) is 102 Å². The van der Waals surface area contributed by atoms with Crippen LogP contribution in [0, 0.1) is 0 Å². The summed E-state index contributed by atoms with van der Waals surface area (Å²) in [4.78, 5) is 49.8. The van der Waals surface area contributed by atoms with E-state index in [9.17, 15) is 24.3 Å². The number of aromatic hydroxyl groups is 1. The molecule has 0 aliphatic carbocycles. The monoisotopic (exact) mass is 518 g/mol. The number of alkyl carbamates (subject to hydrolysis) is 1. The lowest BCUT2D eigenvalue weighted by Crippen LogP contribution is -2.55. The summed E-state index contributed by atoms with van der Waals surface area (Å²) in [5.41, 5.74) is 7.76. The number of nitrogens with one attached hydrogen (secondary N) is 3. The zero-order valence-corrected chi connectivity index (χ0v) is 20.6. The summed E-state index contributed by atoms with van der Waals surface area (Å²) in [7, 11) is 0. The first kappa shape index (κ1) is 27.7. The molecule has 10 nitrogen and oxygen atoms in total. The Bertz CT molecular complexity index is 1220. The number of rotatable bonds is 12. The average molecular weight is 519 g/mol. The first-order chi connectivity index (χ1) is 18.3. The SMILES string of the molecule is NC(=O)[C@H](Cc1ccccc1)NC(=O)[C@H](Cc1ccc(O)cc1)NC(=O)CNC(=O)OCc1ccccc1. The third-order valence-corrected chi connectivity index (χ3v) is 5.58. The minimum Gasteiger partial charge on any atom is -0.508 e. The molecule has 0 aliphatic heterocycles. The average Bonchev–Trinajstić information content (AvgIpc) is 2.92. The van der Waals surface area contributed by atoms with Crippen molar-refractivity contribution in [1.29, 1.82) is 0 Å². The van der Waals surface area contributed by atoms with E-state index in [2.05, 4.69) is 16.0 Å². The highest BCUT2D eigenvalue weighted by molar-refractivity contribution is 5.92. The van der Waals surface area contributed by atoms with Crippen LogP contribution in [0.15, 0.2) is 84.9 Å². The number of amides is 4. The molecule has 0 saturated heterocycles. The number of carbonyl (C=O) groups is 4. The summed E-state index contributed by atoms with van der Waals surface area (Å²) in [5.74, 6) is -1.94. The van der Waals surface area contributed by atoms with E-state index in [0.717, 1.165) is 11.1 Å². The fourth-order valence-electron chi connectivity index (χ4n) is 3.59. The summed E-state index contributed by atoms with van der Waals surface area (Å²) in [5, 5.41) is 17.1. The van der Waals surface area contributed by atoms with E-state index in [4.69, 9.17) is 10.5 Å².